The monoisotopic (exact) mass is 211 g/mol. The van der Waals surface area contributed by atoms with Crippen LogP contribution in [0.5, 0.6) is 0 Å². The molecule has 0 saturated carbocycles. The molecule has 0 aliphatic rings. The van der Waals surface area contributed by atoms with Gasteiger partial charge in [-0.1, -0.05) is 0 Å². The third kappa shape index (κ3) is 4.45. The van der Waals surface area contributed by atoms with Gasteiger partial charge >= 0.3 is 0 Å². The van der Waals surface area contributed by atoms with Crippen LogP contribution in [-0.4, -0.2) is 48.3 Å². The van der Waals surface area contributed by atoms with Crippen molar-refractivity contribution in [2.45, 2.75) is 20.3 Å². The van der Waals surface area contributed by atoms with Crippen molar-refractivity contribution in [1.82, 2.24) is 9.80 Å². The molecule has 15 heavy (non-hydrogen) atoms. The van der Waals surface area contributed by atoms with Gasteiger partial charge in [-0.2, -0.15) is 5.26 Å². The lowest BCUT2D eigenvalue weighted by Gasteiger charge is -2.22. The van der Waals surface area contributed by atoms with Gasteiger partial charge in [0.1, 0.15) is 6.42 Å². The van der Waals surface area contributed by atoms with E-state index in [2.05, 4.69) is 0 Å². The van der Waals surface area contributed by atoms with Gasteiger partial charge in [-0.05, 0) is 13.8 Å². The fourth-order valence-electron chi connectivity index (χ4n) is 1.17. The van der Waals surface area contributed by atoms with Gasteiger partial charge in [0, 0.05) is 20.1 Å². The summed E-state index contributed by atoms with van der Waals surface area (Å²) in [5, 5.41) is 8.33. The summed E-state index contributed by atoms with van der Waals surface area (Å²) in [5.74, 6) is -0.410. The molecule has 5 nitrogen and oxygen atoms in total. The number of carbonyl (C=O) groups is 2. The molecule has 0 aromatic rings. The predicted octanol–water partition coefficient (Wildman–Crippen LogP) is 0.227. The Morgan fingerprint density at radius 3 is 2.13 bits per heavy atom. The summed E-state index contributed by atoms with van der Waals surface area (Å²) in [6.07, 6.45) is -0.179. The van der Waals surface area contributed by atoms with Gasteiger partial charge in [0.05, 0.1) is 12.6 Å². The Balaban J connectivity index is 4.17. The van der Waals surface area contributed by atoms with Crippen LogP contribution in [0.1, 0.15) is 20.3 Å². The second kappa shape index (κ2) is 6.82. The lowest BCUT2D eigenvalue weighted by Crippen LogP contribution is -2.40. The van der Waals surface area contributed by atoms with E-state index >= 15 is 0 Å². The number of nitrogens with zero attached hydrogens (tertiary/aromatic N) is 3. The zero-order valence-electron chi connectivity index (χ0n) is 9.49. The molecule has 5 heteroatoms. The highest BCUT2D eigenvalue weighted by Crippen LogP contribution is 1.94. The lowest BCUT2D eigenvalue weighted by atomic mass is 10.3. The largest absolute Gasteiger partial charge is 0.342 e. The minimum Gasteiger partial charge on any atom is -0.342 e. The van der Waals surface area contributed by atoms with Gasteiger partial charge in [-0.3, -0.25) is 9.59 Å². The second-order valence-corrected chi connectivity index (χ2v) is 3.15. The molecule has 0 bridgehead atoms. The fraction of sp³-hybridized carbons (Fsp3) is 0.700. The highest BCUT2D eigenvalue weighted by molar-refractivity contribution is 5.85. The molecule has 0 aliphatic heterocycles. The Labute approximate surface area is 90.3 Å². The quantitative estimate of drug-likeness (QED) is 0.653. The van der Waals surface area contributed by atoms with Crippen LogP contribution in [0.3, 0.4) is 0 Å². The molecule has 84 valence electrons. The molecule has 0 aromatic carbocycles. The van der Waals surface area contributed by atoms with Crippen LogP contribution >= 0.6 is 0 Å². The Morgan fingerprint density at radius 2 is 1.73 bits per heavy atom. The van der Waals surface area contributed by atoms with Gasteiger partial charge in [0.2, 0.25) is 11.8 Å². The van der Waals surface area contributed by atoms with Gasteiger partial charge in [0.25, 0.3) is 0 Å². The summed E-state index contributed by atoms with van der Waals surface area (Å²) in [7, 11) is 1.53. The molecule has 2 amide bonds. The molecule has 0 aliphatic carbocycles. The SMILES string of the molecule is CCN(CC)C(=O)CN(C)C(=O)CC#N. The fourth-order valence-corrected chi connectivity index (χ4v) is 1.17. The molecule has 0 spiro atoms. The van der Waals surface area contributed by atoms with Crippen LogP contribution in [0.15, 0.2) is 0 Å². The average Bonchev–Trinajstić information content (AvgIpc) is 2.19. The molecular weight excluding hydrogens is 194 g/mol. The number of carbonyl (C=O) groups excluding carboxylic acids is 2. The first-order valence-electron chi connectivity index (χ1n) is 4.95. The third-order valence-corrected chi connectivity index (χ3v) is 2.14. The van der Waals surface area contributed by atoms with Gasteiger partial charge < -0.3 is 9.80 Å². The molecule has 0 rings (SSSR count). The van der Waals surface area contributed by atoms with Crippen molar-refractivity contribution in [2.75, 3.05) is 26.7 Å². The van der Waals surface area contributed by atoms with Crippen LogP contribution in [0.4, 0.5) is 0 Å². The average molecular weight is 211 g/mol. The predicted molar refractivity (Wildman–Crippen MR) is 55.8 cm³/mol. The Hall–Kier alpha value is -1.57. The van der Waals surface area contributed by atoms with Crippen LogP contribution in [0.25, 0.3) is 0 Å². The molecule has 0 unspecified atom stereocenters. The Bertz CT molecular complexity index is 266. The standard InChI is InChI=1S/C10H17N3O2/c1-4-13(5-2)10(15)8-12(3)9(14)6-7-11/h4-6,8H2,1-3H3. The lowest BCUT2D eigenvalue weighted by molar-refractivity contribution is -0.138. The Kier molecular flexibility index (Phi) is 6.11. The number of amides is 2. The first kappa shape index (κ1) is 13.4. The van der Waals surface area contributed by atoms with E-state index in [1.54, 1.807) is 11.0 Å². The van der Waals surface area contributed by atoms with E-state index in [0.717, 1.165) is 0 Å². The molecule has 0 radical (unpaired) electrons. The normalized spacial score (nSPS) is 9.20. The summed E-state index contributed by atoms with van der Waals surface area (Å²) in [4.78, 5) is 25.7. The topological polar surface area (TPSA) is 64.4 Å². The summed E-state index contributed by atoms with van der Waals surface area (Å²) < 4.78 is 0. The maximum Gasteiger partial charge on any atom is 0.242 e. The first-order chi connectivity index (χ1) is 7.06. The van der Waals surface area contributed by atoms with Crippen LogP contribution in [0.2, 0.25) is 0 Å². The highest BCUT2D eigenvalue weighted by atomic mass is 16.2. The van der Waals surface area contributed by atoms with E-state index in [-0.39, 0.29) is 24.8 Å². The van der Waals surface area contributed by atoms with E-state index in [0.29, 0.717) is 13.1 Å². The molecule has 0 N–H and O–H groups in total. The van der Waals surface area contributed by atoms with Crippen molar-refractivity contribution in [3.05, 3.63) is 0 Å². The van der Waals surface area contributed by atoms with E-state index in [9.17, 15) is 9.59 Å². The minimum absolute atomic E-state index is 0.0438. The summed E-state index contributed by atoms with van der Waals surface area (Å²) in [5.41, 5.74) is 0. The molecule has 0 atom stereocenters. The van der Waals surface area contributed by atoms with Crippen molar-refractivity contribution < 1.29 is 9.59 Å². The van der Waals surface area contributed by atoms with Crippen molar-refractivity contribution in [2.24, 2.45) is 0 Å². The van der Waals surface area contributed by atoms with Gasteiger partial charge in [0.15, 0.2) is 0 Å². The smallest absolute Gasteiger partial charge is 0.242 e. The van der Waals surface area contributed by atoms with Gasteiger partial charge in [-0.15, -0.1) is 0 Å². The summed E-state index contributed by atoms with van der Waals surface area (Å²) in [6, 6.07) is 1.76. The molecule has 0 heterocycles. The molecular formula is C10H17N3O2. The van der Waals surface area contributed by atoms with Crippen LogP contribution in [0, 0.1) is 11.3 Å². The number of hydrogen-bond donors (Lipinski definition) is 0. The maximum atomic E-state index is 11.6. The van der Waals surface area contributed by atoms with Crippen molar-refractivity contribution in [3.63, 3.8) is 0 Å². The highest BCUT2D eigenvalue weighted by Gasteiger charge is 2.15. The molecule has 0 aromatic heterocycles. The van der Waals surface area contributed by atoms with E-state index < -0.39 is 0 Å². The van der Waals surface area contributed by atoms with Crippen molar-refractivity contribution in [1.29, 1.82) is 5.26 Å². The first-order valence-corrected chi connectivity index (χ1v) is 4.95. The number of hydrogen-bond acceptors (Lipinski definition) is 3. The van der Waals surface area contributed by atoms with Crippen molar-refractivity contribution in [3.8, 4) is 6.07 Å². The van der Waals surface area contributed by atoms with Crippen molar-refractivity contribution >= 4 is 11.8 Å². The summed E-state index contributed by atoms with van der Waals surface area (Å²) >= 11 is 0. The van der Waals surface area contributed by atoms with Crippen LogP contribution < -0.4 is 0 Å². The summed E-state index contributed by atoms with van der Waals surface area (Å²) in [6.45, 7) is 5.09. The number of rotatable bonds is 5. The maximum absolute atomic E-state index is 11.6. The van der Waals surface area contributed by atoms with E-state index in [1.165, 1.54) is 11.9 Å². The van der Waals surface area contributed by atoms with Gasteiger partial charge in [-0.25, -0.2) is 0 Å². The van der Waals surface area contributed by atoms with E-state index in [1.807, 2.05) is 13.8 Å². The van der Waals surface area contributed by atoms with E-state index in [4.69, 9.17) is 5.26 Å². The van der Waals surface area contributed by atoms with Crippen LogP contribution in [-0.2, 0) is 9.59 Å². The molecule has 0 saturated heterocycles. The second-order valence-electron chi connectivity index (χ2n) is 3.15. The third-order valence-electron chi connectivity index (χ3n) is 2.14. The zero-order valence-corrected chi connectivity index (χ0v) is 9.49. The number of likely N-dealkylation sites (N-methyl/N-ethyl adjacent to an activating group) is 2. The minimum atomic E-state index is -0.321. The number of nitriles is 1. The Morgan fingerprint density at radius 1 is 1.20 bits per heavy atom. The zero-order chi connectivity index (χ0) is 11.8. The molecule has 0 fully saturated rings.